The van der Waals surface area contributed by atoms with Crippen molar-refractivity contribution in [2.24, 2.45) is 10.8 Å². The normalized spacial score (nSPS) is 56.2. The van der Waals surface area contributed by atoms with Gasteiger partial charge in [-0.3, -0.25) is 0 Å². The molecule has 2 rings (SSSR count). The highest BCUT2D eigenvalue weighted by molar-refractivity contribution is 5.19. The molecular weight excluding hydrogens is 152 g/mol. The van der Waals surface area contributed by atoms with Crippen molar-refractivity contribution in [1.82, 2.24) is 0 Å². The Morgan fingerprint density at radius 2 is 1.75 bits per heavy atom. The maximum atomic E-state index is 10.2. The summed E-state index contributed by atoms with van der Waals surface area (Å²) in [6, 6.07) is 0. The molecule has 0 radical (unpaired) electrons. The largest absolute Gasteiger partial charge is 0.392 e. The van der Waals surface area contributed by atoms with E-state index < -0.39 is 5.60 Å². The second kappa shape index (κ2) is 1.88. The fraction of sp³-hybridized carbons (Fsp3) is 1.00. The van der Waals surface area contributed by atoms with Gasteiger partial charge in [-0.15, -0.1) is 0 Å². The molecule has 0 aromatic carbocycles. The van der Waals surface area contributed by atoms with Gasteiger partial charge in [-0.25, -0.2) is 0 Å². The number of fused-ring (bicyclic) bond motifs is 2. The van der Waals surface area contributed by atoms with Gasteiger partial charge in [-0.2, -0.15) is 0 Å². The predicted octanol–water partition coefficient (Wildman–Crippen LogP) is 1.31. The first kappa shape index (κ1) is 8.52. The van der Waals surface area contributed by atoms with Gasteiger partial charge in [0.1, 0.15) is 0 Å². The third-order valence-corrected chi connectivity index (χ3v) is 4.92. The molecule has 2 nitrogen and oxygen atoms in total. The lowest BCUT2D eigenvalue weighted by molar-refractivity contribution is -0.0396. The summed E-state index contributed by atoms with van der Waals surface area (Å²) in [6.07, 6.45) is 2.06. The van der Waals surface area contributed by atoms with Crippen LogP contribution in [0.1, 0.15) is 40.0 Å². The molecule has 2 bridgehead atoms. The highest BCUT2D eigenvalue weighted by Crippen LogP contribution is 2.67. The Morgan fingerprint density at radius 1 is 1.17 bits per heavy atom. The summed E-state index contributed by atoms with van der Waals surface area (Å²) in [5.41, 5.74) is -0.803. The summed E-state index contributed by atoms with van der Waals surface area (Å²) in [6.45, 7) is 6.26. The molecule has 0 aromatic heterocycles. The highest BCUT2D eigenvalue weighted by Gasteiger charge is 2.68. The van der Waals surface area contributed by atoms with Crippen molar-refractivity contribution in [1.29, 1.82) is 0 Å². The Hall–Kier alpha value is -0.0800. The maximum Gasteiger partial charge on any atom is 0.0729 e. The molecule has 0 amide bonds. The fourth-order valence-corrected chi connectivity index (χ4v) is 3.11. The van der Waals surface area contributed by atoms with Crippen LogP contribution < -0.4 is 0 Å². The van der Waals surface area contributed by atoms with Crippen molar-refractivity contribution in [3.63, 3.8) is 0 Å². The molecule has 0 saturated heterocycles. The quantitative estimate of drug-likeness (QED) is 0.575. The molecule has 2 heteroatoms. The first-order chi connectivity index (χ1) is 5.33. The zero-order chi connectivity index (χ0) is 9.20. The summed E-state index contributed by atoms with van der Waals surface area (Å²) in [4.78, 5) is 0. The topological polar surface area (TPSA) is 40.5 Å². The first-order valence-electron chi connectivity index (χ1n) is 4.74. The van der Waals surface area contributed by atoms with Gasteiger partial charge < -0.3 is 10.2 Å². The van der Waals surface area contributed by atoms with E-state index in [0.717, 1.165) is 12.8 Å². The summed E-state index contributed by atoms with van der Waals surface area (Å²) >= 11 is 0. The molecule has 2 aliphatic rings. The second-order valence-corrected chi connectivity index (χ2v) is 5.29. The predicted molar refractivity (Wildman–Crippen MR) is 46.7 cm³/mol. The van der Waals surface area contributed by atoms with Gasteiger partial charge in [0.15, 0.2) is 0 Å². The standard InChI is InChI=1S/C10H18O2/c1-8(2)9(3)4-5-10(8,12)6-7(9)11/h7,11-12H,4-6H2,1-3H3. The van der Waals surface area contributed by atoms with Gasteiger partial charge in [0.2, 0.25) is 0 Å². The van der Waals surface area contributed by atoms with Crippen LogP contribution in [0.25, 0.3) is 0 Å². The van der Waals surface area contributed by atoms with Crippen LogP contribution in [-0.4, -0.2) is 21.9 Å². The molecule has 0 aliphatic heterocycles. The summed E-state index contributed by atoms with van der Waals surface area (Å²) in [5.74, 6) is 0. The summed E-state index contributed by atoms with van der Waals surface area (Å²) in [5, 5.41) is 20.1. The highest BCUT2D eigenvalue weighted by atomic mass is 16.3. The van der Waals surface area contributed by atoms with Crippen LogP contribution in [-0.2, 0) is 0 Å². The zero-order valence-corrected chi connectivity index (χ0v) is 8.09. The first-order valence-corrected chi connectivity index (χ1v) is 4.74. The van der Waals surface area contributed by atoms with E-state index in [2.05, 4.69) is 20.8 Å². The zero-order valence-electron chi connectivity index (χ0n) is 8.09. The fourth-order valence-electron chi connectivity index (χ4n) is 3.11. The van der Waals surface area contributed by atoms with E-state index in [0.29, 0.717) is 6.42 Å². The molecule has 3 atom stereocenters. The Labute approximate surface area is 73.6 Å². The van der Waals surface area contributed by atoms with E-state index in [9.17, 15) is 10.2 Å². The van der Waals surface area contributed by atoms with Crippen LogP contribution in [0.5, 0.6) is 0 Å². The van der Waals surface area contributed by atoms with Gasteiger partial charge in [0, 0.05) is 17.3 Å². The Kier molecular flexibility index (Phi) is 1.33. The van der Waals surface area contributed by atoms with Crippen LogP contribution in [0.15, 0.2) is 0 Å². The average Bonchev–Trinajstić information content (AvgIpc) is 2.18. The van der Waals surface area contributed by atoms with Gasteiger partial charge in [-0.1, -0.05) is 20.8 Å². The minimum Gasteiger partial charge on any atom is -0.392 e. The number of rotatable bonds is 0. The number of hydrogen-bond acceptors (Lipinski definition) is 2. The molecule has 0 heterocycles. The third kappa shape index (κ3) is 0.612. The smallest absolute Gasteiger partial charge is 0.0729 e. The van der Waals surface area contributed by atoms with Crippen molar-refractivity contribution < 1.29 is 10.2 Å². The van der Waals surface area contributed by atoms with Crippen LogP contribution >= 0.6 is 0 Å². The molecule has 2 saturated carbocycles. The van der Waals surface area contributed by atoms with Crippen molar-refractivity contribution in [3.8, 4) is 0 Å². The van der Waals surface area contributed by atoms with Crippen molar-refractivity contribution in [3.05, 3.63) is 0 Å². The lowest BCUT2D eigenvalue weighted by atomic mass is 9.69. The summed E-state index contributed by atoms with van der Waals surface area (Å²) < 4.78 is 0. The van der Waals surface area contributed by atoms with Crippen molar-refractivity contribution in [2.45, 2.75) is 51.7 Å². The summed E-state index contributed by atoms with van der Waals surface area (Å²) in [7, 11) is 0. The van der Waals surface area contributed by atoms with E-state index >= 15 is 0 Å². The molecule has 0 aromatic rings. The van der Waals surface area contributed by atoms with E-state index in [-0.39, 0.29) is 16.9 Å². The van der Waals surface area contributed by atoms with Gasteiger partial charge in [0.25, 0.3) is 0 Å². The average molecular weight is 170 g/mol. The van der Waals surface area contributed by atoms with Crippen LogP contribution in [0.2, 0.25) is 0 Å². The Balaban J connectivity index is 2.49. The van der Waals surface area contributed by atoms with E-state index in [1.807, 2.05) is 0 Å². The second-order valence-electron chi connectivity index (χ2n) is 5.29. The minimum atomic E-state index is -0.610. The number of hydrogen-bond donors (Lipinski definition) is 2. The molecule has 2 fully saturated rings. The Morgan fingerprint density at radius 3 is 1.92 bits per heavy atom. The minimum absolute atomic E-state index is 0.0677. The van der Waals surface area contributed by atoms with E-state index in [1.165, 1.54) is 0 Å². The lowest BCUT2D eigenvalue weighted by Gasteiger charge is -2.38. The monoisotopic (exact) mass is 170 g/mol. The lowest BCUT2D eigenvalue weighted by Crippen LogP contribution is -2.40. The number of aliphatic hydroxyl groups is 2. The molecule has 2 N–H and O–H groups in total. The maximum absolute atomic E-state index is 10.2. The van der Waals surface area contributed by atoms with Crippen LogP contribution in [0.4, 0.5) is 0 Å². The number of aliphatic hydroxyl groups excluding tert-OH is 1. The van der Waals surface area contributed by atoms with E-state index in [1.54, 1.807) is 0 Å². The van der Waals surface area contributed by atoms with Crippen molar-refractivity contribution in [2.75, 3.05) is 0 Å². The van der Waals surface area contributed by atoms with Crippen molar-refractivity contribution >= 4 is 0 Å². The molecule has 3 unspecified atom stereocenters. The van der Waals surface area contributed by atoms with Gasteiger partial charge >= 0.3 is 0 Å². The Bertz CT molecular complexity index is 221. The van der Waals surface area contributed by atoms with Crippen LogP contribution in [0, 0.1) is 10.8 Å². The molecular formula is C10H18O2. The van der Waals surface area contributed by atoms with Crippen LogP contribution in [0.3, 0.4) is 0 Å². The molecule has 2 aliphatic carbocycles. The van der Waals surface area contributed by atoms with E-state index in [4.69, 9.17) is 0 Å². The van der Waals surface area contributed by atoms with Gasteiger partial charge in [-0.05, 0) is 12.8 Å². The molecule has 0 spiro atoms. The molecule has 70 valence electrons. The SMILES string of the molecule is CC12CCC(O)(CC1O)C2(C)C. The third-order valence-electron chi connectivity index (χ3n) is 4.92. The van der Waals surface area contributed by atoms with Gasteiger partial charge in [0.05, 0.1) is 11.7 Å². The molecule has 12 heavy (non-hydrogen) atoms.